The van der Waals surface area contributed by atoms with Crippen LogP contribution in [0.2, 0.25) is 0 Å². The van der Waals surface area contributed by atoms with Crippen LogP contribution in [0.1, 0.15) is 37.7 Å². The number of carbonyl (C=O) groups is 1. The van der Waals surface area contributed by atoms with E-state index >= 15 is 0 Å². The van der Waals surface area contributed by atoms with Crippen LogP contribution in [0.3, 0.4) is 0 Å². The van der Waals surface area contributed by atoms with Gasteiger partial charge in [-0.15, -0.1) is 0 Å². The molecule has 0 unspecified atom stereocenters. The summed E-state index contributed by atoms with van der Waals surface area (Å²) in [5, 5.41) is 5.65. The van der Waals surface area contributed by atoms with Crippen LogP contribution in [0.5, 0.6) is 0 Å². The van der Waals surface area contributed by atoms with E-state index in [1.807, 2.05) is 18.2 Å². The van der Waals surface area contributed by atoms with Crippen LogP contribution in [-0.2, 0) is 21.1 Å². The lowest BCUT2D eigenvalue weighted by molar-refractivity contribution is -0.119. The molecular weight excluding hydrogens is 372 g/mol. The SMILES string of the molecule is O=C(CNc1cccc(S(=O)(=O)C2CCCC2)c1)NCCCc1ccccc1. The number of hydrogen-bond donors (Lipinski definition) is 2. The molecule has 0 radical (unpaired) electrons. The van der Waals surface area contributed by atoms with Gasteiger partial charge in [-0.1, -0.05) is 49.2 Å². The molecule has 28 heavy (non-hydrogen) atoms. The maximum Gasteiger partial charge on any atom is 0.239 e. The minimum atomic E-state index is -3.28. The van der Waals surface area contributed by atoms with Crippen molar-refractivity contribution in [3.8, 4) is 0 Å². The van der Waals surface area contributed by atoms with Gasteiger partial charge >= 0.3 is 0 Å². The summed E-state index contributed by atoms with van der Waals surface area (Å²) in [6.07, 6.45) is 5.25. The number of rotatable bonds is 9. The molecule has 0 bridgehead atoms. The zero-order chi connectivity index (χ0) is 19.8. The molecule has 3 rings (SSSR count). The van der Waals surface area contributed by atoms with E-state index in [2.05, 4.69) is 22.8 Å². The zero-order valence-electron chi connectivity index (χ0n) is 16.1. The Morgan fingerprint density at radius 2 is 1.75 bits per heavy atom. The first-order valence-electron chi connectivity index (χ1n) is 9.94. The molecule has 1 aliphatic carbocycles. The monoisotopic (exact) mass is 400 g/mol. The number of carbonyl (C=O) groups excluding carboxylic acids is 1. The second kappa shape index (κ2) is 9.73. The standard InChI is InChI=1S/C22H28N2O3S/c25-22(23-15-7-10-18-8-2-1-3-9-18)17-24-19-11-6-14-21(16-19)28(26,27)20-12-4-5-13-20/h1-3,6,8-9,11,14,16,20,24H,4-5,7,10,12-13,15,17H2,(H,23,25). The Labute approximate surface area is 167 Å². The number of amides is 1. The molecule has 1 saturated carbocycles. The van der Waals surface area contributed by atoms with Gasteiger partial charge in [0.15, 0.2) is 9.84 Å². The fourth-order valence-corrected chi connectivity index (χ4v) is 5.48. The molecule has 2 aromatic carbocycles. The van der Waals surface area contributed by atoms with E-state index in [4.69, 9.17) is 0 Å². The van der Waals surface area contributed by atoms with Crippen LogP contribution in [0.25, 0.3) is 0 Å². The number of hydrogen-bond acceptors (Lipinski definition) is 4. The van der Waals surface area contributed by atoms with Gasteiger partial charge in [-0.3, -0.25) is 4.79 Å². The van der Waals surface area contributed by atoms with Crippen LogP contribution < -0.4 is 10.6 Å². The highest BCUT2D eigenvalue weighted by molar-refractivity contribution is 7.92. The molecule has 0 aliphatic heterocycles. The lowest BCUT2D eigenvalue weighted by Crippen LogP contribution is -2.30. The van der Waals surface area contributed by atoms with E-state index in [-0.39, 0.29) is 17.7 Å². The van der Waals surface area contributed by atoms with E-state index in [1.165, 1.54) is 5.56 Å². The Balaban J connectivity index is 1.44. The van der Waals surface area contributed by atoms with Crippen molar-refractivity contribution in [2.75, 3.05) is 18.4 Å². The van der Waals surface area contributed by atoms with Crippen molar-refractivity contribution < 1.29 is 13.2 Å². The first kappa shape index (κ1) is 20.4. The minimum absolute atomic E-state index is 0.0999. The van der Waals surface area contributed by atoms with Gasteiger partial charge < -0.3 is 10.6 Å². The van der Waals surface area contributed by atoms with Crippen LogP contribution in [0, 0.1) is 0 Å². The first-order chi connectivity index (χ1) is 13.6. The number of aryl methyl sites for hydroxylation is 1. The van der Waals surface area contributed by atoms with Crippen LogP contribution in [-0.4, -0.2) is 32.7 Å². The summed E-state index contributed by atoms with van der Waals surface area (Å²) >= 11 is 0. The molecule has 150 valence electrons. The van der Waals surface area contributed by atoms with Crippen molar-refractivity contribution in [1.29, 1.82) is 0 Å². The number of nitrogens with one attached hydrogen (secondary N) is 2. The topological polar surface area (TPSA) is 75.3 Å². The van der Waals surface area contributed by atoms with Crippen molar-refractivity contribution in [3.05, 3.63) is 60.2 Å². The Bertz CT molecular complexity index is 876. The average Bonchev–Trinajstić information content (AvgIpc) is 3.26. The number of benzene rings is 2. The van der Waals surface area contributed by atoms with Crippen LogP contribution in [0.15, 0.2) is 59.5 Å². The van der Waals surface area contributed by atoms with E-state index in [0.717, 1.165) is 38.5 Å². The normalized spacial score (nSPS) is 14.7. The van der Waals surface area contributed by atoms with Gasteiger partial charge in [0.2, 0.25) is 5.91 Å². The lowest BCUT2D eigenvalue weighted by atomic mass is 10.1. The van der Waals surface area contributed by atoms with Gasteiger partial charge in [0.1, 0.15) is 0 Å². The molecule has 0 saturated heterocycles. The zero-order valence-corrected chi connectivity index (χ0v) is 16.9. The second-order valence-electron chi connectivity index (χ2n) is 7.27. The van der Waals surface area contributed by atoms with Crippen molar-refractivity contribution in [2.45, 2.75) is 48.7 Å². The van der Waals surface area contributed by atoms with Crippen molar-refractivity contribution >= 4 is 21.4 Å². The predicted octanol–water partition coefficient (Wildman–Crippen LogP) is 3.56. The molecule has 2 N–H and O–H groups in total. The molecule has 1 amide bonds. The van der Waals surface area contributed by atoms with Gasteiger partial charge in [-0.2, -0.15) is 0 Å². The Morgan fingerprint density at radius 3 is 2.50 bits per heavy atom. The summed E-state index contributed by atoms with van der Waals surface area (Å²) in [4.78, 5) is 12.4. The number of anilines is 1. The highest BCUT2D eigenvalue weighted by Gasteiger charge is 2.30. The molecule has 0 atom stereocenters. The average molecular weight is 401 g/mol. The summed E-state index contributed by atoms with van der Waals surface area (Å²) in [6.45, 7) is 0.740. The maximum atomic E-state index is 12.7. The third-order valence-electron chi connectivity index (χ3n) is 5.16. The molecule has 0 heterocycles. The molecule has 5 nitrogen and oxygen atoms in total. The number of sulfone groups is 1. The Morgan fingerprint density at radius 1 is 1.00 bits per heavy atom. The van der Waals surface area contributed by atoms with Gasteiger partial charge in [0.05, 0.1) is 16.7 Å². The minimum Gasteiger partial charge on any atom is -0.376 e. The molecule has 1 aliphatic rings. The summed E-state index contributed by atoms with van der Waals surface area (Å²) in [6, 6.07) is 17.0. The smallest absolute Gasteiger partial charge is 0.239 e. The third-order valence-corrected chi connectivity index (χ3v) is 7.42. The summed E-state index contributed by atoms with van der Waals surface area (Å²) in [5.74, 6) is -0.0999. The Hall–Kier alpha value is -2.34. The van der Waals surface area contributed by atoms with Crippen molar-refractivity contribution in [2.24, 2.45) is 0 Å². The quantitative estimate of drug-likeness (QED) is 0.631. The summed E-state index contributed by atoms with van der Waals surface area (Å²) in [5.41, 5.74) is 1.91. The molecule has 0 spiro atoms. The van der Waals surface area contributed by atoms with Crippen LogP contribution in [0.4, 0.5) is 5.69 Å². The van der Waals surface area contributed by atoms with E-state index < -0.39 is 9.84 Å². The van der Waals surface area contributed by atoms with Crippen molar-refractivity contribution in [3.63, 3.8) is 0 Å². The maximum absolute atomic E-state index is 12.7. The molecule has 1 fully saturated rings. The fraction of sp³-hybridized carbons (Fsp3) is 0.409. The van der Waals surface area contributed by atoms with Gasteiger partial charge in [0.25, 0.3) is 0 Å². The highest BCUT2D eigenvalue weighted by Crippen LogP contribution is 2.30. The van der Waals surface area contributed by atoms with Crippen molar-refractivity contribution in [1.82, 2.24) is 5.32 Å². The van der Waals surface area contributed by atoms with Gasteiger partial charge in [0, 0.05) is 12.2 Å². The summed E-state index contributed by atoms with van der Waals surface area (Å²) < 4.78 is 25.4. The van der Waals surface area contributed by atoms with E-state index in [0.29, 0.717) is 17.1 Å². The predicted molar refractivity (Wildman–Crippen MR) is 112 cm³/mol. The third kappa shape index (κ3) is 5.58. The lowest BCUT2D eigenvalue weighted by Gasteiger charge is -2.13. The van der Waals surface area contributed by atoms with Crippen LogP contribution >= 0.6 is 0 Å². The second-order valence-corrected chi connectivity index (χ2v) is 9.50. The molecule has 2 aromatic rings. The highest BCUT2D eigenvalue weighted by atomic mass is 32.2. The molecule has 6 heteroatoms. The van der Waals surface area contributed by atoms with E-state index in [1.54, 1.807) is 24.3 Å². The van der Waals surface area contributed by atoms with Gasteiger partial charge in [-0.05, 0) is 49.4 Å². The van der Waals surface area contributed by atoms with E-state index in [9.17, 15) is 13.2 Å². The fourth-order valence-electron chi connectivity index (χ4n) is 3.58. The molecular formula is C22H28N2O3S. The first-order valence-corrected chi connectivity index (χ1v) is 11.5. The van der Waals surface area contributed by atoms with Gasteiger partial charge in [-0.25, -0.2) is 8.42 Å². The Kier molecular flexibility index (Phi) is 7.09. The largest absolute Gasteiger partial charge is 0.376 e. The summed E-state index contributed by atoms with van der Waals surface area (Å²) in [7, 11) is -3.28. The molecule has 0 aromatic heterocycles.